The van der Waals surface area contributed by atoms with Crippen LogP contribution in [0.1, 0.15) is 25.2 Å². The van der Waals surface area contributed by atoms with Gasteiger partial charge in [0.25, 0.3) is 5.56 Å². The molecule has 0 unspecified atom stereocenters. The minimum absolute atomic E-state index is 0.127. The third-order valence-electron chi connectivity index (χ3n) is 6.50. The van der Waals surface area contributed by atoms with Crippen LogP contribution < -0.4 is 5.56 Å². The molecule has 3 aromatic carbocycles. The second-order valence-corrected chi connectivity index (χ2v) is 10.9. The highest BCUT2D eigenvalue weighted by molar-refractivity contribution is 7.89. The van der Waals surface area contributed by atoms with E-state index in [2.05, 4.69) is 16.0 Å². The second-order valence-electron chi connectivity index (χ2n) is 8.93. The zero-order valence-corrected chi connectivity index (χ0v) is 22.8. The largest absolute Gasteiger partial charge is 0.305 e. The van der Waals surface area contributed by atoms with Crippen LogP contribution in [0, 0.1) is 11.3 Å². The number of benzene rings is 3. The molecule has 0 atom stereocenters. The molecule has 2 aromatic heterocycles. The van der Waals surface area contributed by atoms with Crippen LogP contribution in [-0.2, 0) is 10.0 Å². The summed E-state index contributed by atoms with van der Waals surface area (Å²) in [7, 11) is -3.70. The summed E-state index contributed by atoms with van der Waals surface area (Å²) in [6, 6.07) is 25.1. The highest BCUT2D eigenvalue weighted by Gasteiger charge is 2.23. The van der Waals surface area contributed by atoms with Crippen molar-refractivity contribution < 1.29 is 8.42 Å². The number of allylic oxidation sites excluding steroid dienone is 1. The van der Waals surface area contributed by atoms with Crippen LogP contribution in [0.3, 0.4) is 0 Å². The zero-order chi connectivity index (χ0) is 28.3. The van der Waals surface area contributed by atoms with Crippen LogP contribution in [0.2, 0.25) is 0 Å². The number of para-hydroxylation sites is 2. The van der Waals surface area contributed by atoms with E-state index in [0.717, 1.165) is 5.69 Å². The maximum absolute atomic E-state index is 13.2. The quantitative estimate of drug-likeness (QED) is 0.275. The lowest BCUT2D eigenvalue weighted by molar-refractivity contribution is 0.445. The Kier molecular flexibility index (Phi) is 7.42. The summed E-state index contributed by atoms with van der Waals surface area (Å²) in [5.41, 5.74) is 2.61. The Bertz CT molecular complexity index is 1930. The van der Waals surface area contributed by atoms with Gasteiger partial charge < -0.3 is 4.98 Å². The van der Waals surface area contributed by atoms with Gasteiger partial charge in [0.15, 0.2) is 5.82 Å². The van der Waals surface area contributed by atoms with Gasteiger partial charge in [0.05, 0.1) is 27.1 Å². The van der Waals surface area contributed by atoms with Crippen LogP contribution in [0.4, 0.5) is 0 Å². The van der Waals surface area contributed by atoms with E-state index in [-0.39, 0.29) is 21.9 Å². The van der Waals surface area contributed by atoms with Crippen molar-refractivity contribution in [2.75, 3.05) is 13.1 Å². The first-order valence-electron chi connectivity index (χ1n) is 12.7. The molecule has 0 saturated heterocycles. The van der Waals surface area contributed by atoms with Gasteiger partial charge in [-0.2, -0.15) is 14.7 Å². The SMILES string of the molecule is CCN(CC)S(=O)(=O)c1cccc(-c2nn(-c3ccccc3)cc2/C=C(/C#N)c2nc3ccccc3c(=O)[nH]2)c1. The summed E-state index contributed by atoms with van der Waals surface area (Å²) in [6.45, 7) is 4.29. The van der Waals surface area contributed by atoms with Gasteiger partial charge in [-0.1, -0.05) is 56.3 Å². The van der Waals surface area contributed by atoms with Crippen molar-refractivity contribution in [2.45, 2.75) is 18.7 Å². The first kappa shape index (κ1) is 26.7. The standard InChI is InChI=1S/C30H26N6O3S/c1-3-35(4-2)40(38,39)25-14-10-11-21(18-25)28-23(20-36(34-28)24-12-6-5-7-13-24)17-22(19-31)29-32-27-16-9-8-15-26(27)30(37)33-29/h5-18,20H,3-4H2,1-2H3,(H,32,33,37)/b22-17-. The Labute approximate surface area is 231 Å². The third-order valence-corrected chi connectivity index (χ3v) is 8.55. The van der Waals surface area contributed by atoms with Crippen LogP contribution in [-0.4, -0.2) is 45.6 Å². The molecule has 0 fully saturated rings. The van der Waals surface area contributed by atoms with Gasteiger partial charge in [0.2, 0.25) is 10.0 Å². The molecule has 10 heteroatoms. The van der Waals surface area contributed by atoms with Crippen molar-refractivity contribution in [1.29, 1.82) is 5.26 Å². The van der Waals surface area contributed by atoms with Crippen molar-refractivity contribution in [3.63, 3.8) is 0 Å². The molecule has 0 bridgehead atoms. The Hall–Kier alpha value is -4.85. The van der Waals surface area contributed by atoms with Gasteiger partial charge in [0.1, 0.15) is 11.8 Å². The molecular formula is C30H26N6O3S. The summed E-state index contributed by atoms with van der Waals surface area (Å²) >= 11 is 0. The monoisotopic (exact) mass is 550 g/mol. The summed E-state index contributed by atoms with van der Waals surface area (Å²) in [4.78, 5) is 20.0. The normalized spacial score (nSPS) is 12.1. The highest BCUT2D eigenvalue weighted by Crippen LogP contribution is 2.29. The Morgan fingerprint density at radius 1 is 1.02 bits per heavy atom. The van der Waals surface area contributed by atoms with Gasteiger partial charge in [0, 0.05) is 30.4 Å². The predicted molar refractivity (Wildman–Crippen MR) is 155 cm³/mol. The van der Waals surface area contributed by atoms with E-state index in [9.17, 15) is 18.5 Å². The number of fused-ring (bicyclic) bond motifs is 1. The number of aromatic amines is 1. The molecule has 0 amide bonds. The Morgan fingerprint density at radius 2 is 1.75 bits per heavy atom. The highest BCUT2D eigenvalue weighted by atomic mass is 32.2. The van der Waals surface area contributed by atoms with Gasteiger partial charge in [-0.05, 0) is 42.5 Å². The molecule has 0 spiro atoms. The number of nitriles is 1. The summed E-state index contributed by atoms with van der Waals surface area (Å²) in [5.74, 6) is 0.127. The lowest BCUT2D eigenvalue weighted by Crippen LogP contribution is -2.30. The first-order valence-corrected chi connectivity index (χ1v) is 14.2. The molecule has 5 aromatic rings. The van der Waals surface area contributed by atoms with E-state index >= 15 is 0 Å². The summed E-state index contributed by atoms with van der Waals surface area (Å²) in [5, 5.41) is 15.3. The molecule has 0 aliphatic heterocycles. The van der Waals surface area contributed by atoms with Gasteiger partial charge in [-0.15, -0.1) is 0 Å². The molecule has 1 N–H and O–H groups in total. The van der Waals surface area contributed by atoms with E-state index in [1.165, 1.54) is 4.31 Å². The van der Waals surface area contributed by atoms with E-state index in [0.29, 0.717) is 40.8 Å². The van der Waals surface area contributed by atoms with Crippen molar-refractivity contribution >= 4 is 32.6 Å². The molecule has 0 radical (unpaired) electrons. The smallest absolute Gasteiger partial charge is 0.259 e. The topological polar surface area (TPSA) is 125 Å². The minimum atomic E-state index is -3.70. The van der Waals surface area contributed by atoms with Gasteiger partial charge in [-0.25, -0.2) is 18.1 Å². The Morgan fingerprint density at radius 3 is 2.48 bits per heavy atom. The fourth-order valence-electron chi connectivity index (χ4n) is 4.47. The summed E-state index contributed by atoms with van der Waals surface area (Å²) in [6.07, 6.45) is 3.35. The third kappa shape index (κ3) is 5.08. The van der Waals surface area contributed by atoms with Crippen molar-refractivity contribution in [1.82, 2.24) is 24.1 Å². The van der Waals surface area contributed by atoms with E-state index < -0.39 is 10.0 Å². The molecule has 9 nitrogen and oxygen atoms in total. The van der Waals surface area contributed by atoms with E-state index in [4.69, 9.17) is 5.10 Å². The molecule has 0 aliphatic carbocycles. The molecule has 40 heavy (non-hydrogen) atoms. The average molecular weight is 551 g/mol. The van der Waals surface area contributed by atoms with Gasteiger partial charge in [-0.3, -0.25) is 4.79 Å². The minimum Gasteiger partial charge on any atom is -0.305 e. The van der Waals surface area contributed by atoms with E-state index in [1.54, 1.807) is 79.3 Å². The molecule has 5 rings (SSSR count). The maximum atomic E-state index is 13.2. The fourth-order valence-corrected chi connectivity index (χ4v) is 5.97. The maximum Gasteiger partial charge on any atom is 0.259 e. The fraction of sp³-hybridized carbons (Fsp3) is 0.133. The second kappa shape index (κ2) is 11.1. The first-order chi connectivity index (χ1) is 19.3. The number of aromatic nitrogens is 4. The number of hydrogen-bond donors (Lipinski definition) is 1. The van der Waals surface area contributed by atoms with E-state index in [1.807, 2.05) is 30.3 Å². The number of rotatable bonds is 8. The van der Waals surface area contributed by atoms with Crippen LogP contribution in [0.5, 0.6) is 0 Å². The zero-order valence-electron chi connectivity index (χ0n) is 21.9. The molecule has 0 aliphatic rings. The number of hydrogen-bond acceptors (Lipinski definition) is 6. The van der Waals surface area contributed by atoms with Crippen molar-refractivity contribution in [2.24, 2.45) is 0 Å². The predicted octanol–water partition coefficient (Wildman–Crippen LogP) is 4.87. The van der Waals surface area contributed by atoms with Crippen molar-refractivity contribution in [3.05, 3.63) is 107 Å². The molecular weight excluding hydrogens is 524 g/mol. The number of sulfonamides is 1. The average Bonchev–Trinajstić information content (AvgIpc) is 3.41. The van der Waals surface area contributed by atoms with Crippen molar-refractivity contribution in [3.8, 4) is 23.0 Å². The number of nitrogens with one attached hydrogen (secondary N) is 1. The van der Waals surface area contributed by atoms with Gasteiger partial charge >= 0.3 is 0 Å². The van der Waals surface area contributed by atoms with Crippen LogP contribution in [0.25, 0.3) is 39.5 Å². The Balaban J connectivity index is 1.69. The molecule has 200 valence electrons. The molecule has 0 saturated carbocycles. The lowest BCUT2D eigenvalue weighted by Gasteiger charge is -2.18. The summed E-state index contributed by atoms with van der Waals surface area (Å²) < 4.78 is 29.5. The van der Waals surface area contributed by atoms with Crippen LogP contribution in [0.15, 0.2) is 94.7 Å². The number of H-pyrrole nitrogens is 1. The van der Waals surface area contributed by atoms with Crippen LogP contribution >= 0.6 is 0 Å². The lowest BCUT2D eigenvalue weighted by atomic mass is 10.1. The molecule has 2 heterocycles. The number of nitrogens with zero attached hydrogens (tertiary/aromatic N) is 5.